The van der Waals surface area contributed by atoms with Crippen molar-refractivity contribution in [3.8, 4) is 0 Å². The van der Waals surface area contributed by atoms with Crippen LogP contribution >= 0.6 is 11.3 Å². The van der Waals surface area contributed by atoms with E-state index in [1.807, 2.05) is 19.4 Å². The normalized spacial score (nSPS) is 23.3. The molecule has 1 fully saturated rings. The van der Waals surface area contributed by atoms with Gasteiger partial charge in [0, 0.05) is 17.5 Å². The summed E-state index contributed by atoms with van der Waals surface area (Å²) in [5.41, 5.74) is 3.02. The van der Waals surface area contributed by atoms with Gasteiger partial charge >= 0.3 is 5.97 Å². The van der Waals surface area contributed by atoms with Crippen LogP contribution in [0.2, 0.25) is 0 Å². The van der Waals surface area contributed by atoms with E-state index in [4.69, 9.17) is 4.74 Å². The highest BCUT2D eigenvalue weighted by atomic mass is 32.1. The highest BCUT2D eigenvalue weighted by Crippen LogP contribution is 2.26. The molecule has 0 aliphatic heterocycles. The molecule has 19 heavy (non-hydrogen) atoms. The Balaban J connectivity index is 1.72. The molecule has 0 atom stereocenters. The van der Waals surface area contributed by atoms with Crippen LogP contribution in [-0.4, -0.2) is 23.6 Å². The first kappa shape index (κ1) is 14.5. The number of aromatic nitrogens is 1. The number of aryl methyl sites for hydroxylation is 1. The van der Waals surface area contributed by atoms with Crippen molar-refractivity contribution in [1.82, 2.24) is 10.3 Å². The fourth-order valence-electron chi connectivity index (χ4n) is 2.53. The van der Waals surface area contributed by atoms with E-state index in [1.165, 1.54) is 4.88 Å². The van der Waals surface area contributed by atoms with Crippen molar-refractivity contribution in [3.05, 3.63) is 16.1 Å². The Kier molecular flexibility index (Phi) is 5.34. The predicted octanol–water partition coefficient (Wildman–Crippen LogP) is 2.66. The molecule has 0 spiro atoms. The molecule has 1 aromatic heterocycles. The van der Waals surface area contributed by atoms with E-state index in [0.717, 1.165) is 37.9 Å². The van der Waals surface area contributed by atoms with Crippen LogP contribution in [0.25, 0.3) is 0 Å². The molecule has 1 saturated carbocycles. The number of nitrogens with zero attached hydrogens (tertiary/aromatic N) is 1. The Bertz CT molecular complexity index is 411. The van der Waals surface area contributed by atoms with Crippen molar-refractivity contribution >= 4 is 17.3 Å². The summed E-state index contributed by atoms with van der Waals surface area (Å²) in [5.74, 6) is 0.0994. The molecule has 1 N–H and O–H groups in total. The summed E-state index contributed by atoms with van der Waals surface area (Å²) in [7, 11) is 0. The topological polar surface area (TPSA) is 51.2 Å². The van der Waals surface area contributed by atoms with E-state index in [0.29, 0.717) is 12.6 Å². The summed E-state index contributed by atoms with van der Waals surface area (Å²) < 4.78 is 5.09. The predicted molar refractivity (Wildman–Crippen MR) is 76.1 cm³/mol. The average Bonchev–Trinajstić information content (AvgIpc) is 2.83. The molecule has 2 rings (SSSR count). The van der Waals surface area contributed by atoms with Gasteiger partial charge in [-0.2, -0.15) is 0 Å². The quantitative estimate of drug-likeness (QED) is 0.844. The maximum Gasteiger partial charge on any atom is 0.308 e. The zero-order chi connectivity index (χ0) is 13.7. The van der Waals surface area contributed by atoms with Crippen LogP contribution in [0.5, 0.6) is 0 Å². The zero-order valence-electron chi connectivity index (χ0n) is 11.6. The lowest BCUT2D eigenvalue weighted by Gasteiger charge is -2.27. The third-order valence-electron chi connectivity index (χ3n) is 3.74. The minimum absolute atomic E-state index is 0.0146. The van der Waals surface area contributed by atoms with Crippen molar-refractivity contribution in [2.24, 2.45) is 5.92 Å². The summed E-state index contributed by atoms with van der Waals surface area (Å²) >= 11 is 1.70. The van der Waals surface area contributed by atoms with Gasteiger partial charge in [-0.3, -0.25) is 4.79 Å². The number of rotatable bonds is 5. The number of carbonyl (C=O) groups is 1. The summed E-state index contributed by atoms with van der Waals surface area (Å²) in [5, 5.41) is 3.57. The molecule has 0 unspecified atom stereocenters. The molecule has 0 bridgehead atoms. The van der Waals surface area contributed by atoms with Gasteiger partial charge in [0.2, 0.25) is 0 Å². The first-order chi connectivity index (χ1) is 9.20. The Morgan fingerprint density at radius 1 is 1.47 bits per heavy atom. The van der Waals surface area contributed by atoms with Crippen molar-refractivity contribution in [1.29, 1.82) is 0 Å². The largest absolute Gasteiger partial charge is 0.466 e. The summed E-state index contributed by atoms with van der Waals surface area (Å²) in [6.45, 7) is 5.29. The number of ether oxygens (including phenoxy) is 1. The van der Waals surface area contributed by atoms with Crippen molar-refractivity contribution < 1.29 is 9.53 Å². The van der Waals surface area contributed by atoms with E-state index < -0.39 is 0 Å². The van der Waals surface area contributed by atoms with Gasteiger partial charge in [0.25, 0.3) is 0 Å². The number of hydrogen-bond acceptors (Lipinski definition) is 5. The molecular weight excluding hydrogens is 260 g/mol. The third-order valence-corrected chi connectivity index (χ3v) is 4.68. The van der Waals surface area contributed by atoms with Gasteiger partial charge in [-0.1, -0.05) is 0 Å². The number of esters is 1. The monoisotopic (exact) mass is 282 g/mol. The van der Waals surface area contributed by atoms with E-state index in [-0.39, 0.29) is 11.9 Å². The number of carbonyl (C=O) groups excluding carboxylic acids is 1. The lowest BCUT2D eigenvalue weighted by molar-refractivity contribution is -0.149. The highest BCUT2D eigenvalue weighted by Gasteiger charge is 2.26. The molecule has 5 heteroatoms. The van der Waals surface area contributed by atoms with Gasteiger partial charge in [-0.15, -0.1) is 11.3 Å². The van der Waals surface area contributed by atoms with Crippen LogP contribution in [0.4, 0.5) is 0 Å². The average molecular weight is 282 g/mol. The Hall–Kier alpha value is -0.940. The minimum atomic E-state index is -0.0146. The molecule has 0 aromatic carbocycles. The lowest BCUT2D eigenvalue weighted by atomic mass is 9.86. The Morgan fingerprint density at radius 2 is 2.21 bits per heavy atom. The summed E-state index contributed by atoms with van der Waals surface area (Å²) in [6, 6.07) is 0.521. The maximum absolute atomic E-state index is 11.6. The Labute approximate surface area is 118 Å². The van der Waals surface area contributed by atoms with Gasteiger partial charge in [0.05, 0.1) is 23.7 Å². The van der Waals surface area contributed by atoms with Gasteiger partial charge in [-0.05, 0) is 39.5 Å². The van der Waals surface area contributed by atoms with E-state index >= 15 is 0 Å². The van der Waals surface area contributed by atoms with Crippen LogP contribution in [0.1, 0.15) is 43.2 Å². The van der Waals surface area contributed by atoms with Crippen LogP contribution in [0.15, 0.2) is 5.51 Å². The molecule has 1 aliphatic rings. The van der Waals surface area contributed by atoms with Gasteiger partial charge in [0.1, 0.15) is 0 Å². The molecule has 0 radical (unpaired) electrons. The zero-order valence-corrected chi connectivity index (χ0v) is 12.5. The van der Waals surface area contributed by atoms with Gasteiger partial charge in [0.15, 0.2) is 0 Å². The first-order valence-corrected chi connectivity index (χ1v) is 7.87. The van der Waals surface area contributed by atoms with Crippen LogP contribution in [0.3, 0.4) is 0 Å². The van der Waals surface area contributed by atoms with E-state index in [2.05, 4.69) is 10.3 Å². The fourth-order valence-corrected chi connectivity index (χ4v) is 3.25. The SMILES string of the molecule is CCOC(=O)C1CCC(NCc2scnc2C)CC1. The van der Waals surface area contributed by atoms with Crippen molar-refractivity contribution in [2.45, 2.75) is 52.1 Å². The molecule has 1 heterocycles. The second-order valence-electron chi connectivity index (χ2n) is 5.04. The van der Waals surface area contributed by atoms with Gasteiger partial charge < -0.3 is 10.1 Å². The number of nitrogens with one attached hydrogen (secondary N) is 1. The highest BCUT2D eigenvalue weighted by molar-refractivity contribution is 7.09. The van der Waals surface area contributed by atoms with Crippen LogP contribution in [-0.2, 0) is 16.1 Å². The van der Waals surface area contributed by atoms with E-state index in [1.54, 1.807) is 11.3 Å². The summed E-state index contributed by atoms with van der Waals surface area (Å²) in [4.78, 5) is 17.2. The fraction of sp³-hybridized carbons (Fsp3) is 0.714. The molecule has 1 aromatic rings. The number of hydrogen-bond donors (Lipinski definition) is 1. The molecule has 0 saturated heterocycles. The lowest BCUT2D eigenvalue weighted by Crippen LogP contribution is -2.35. The van der Waals surface area contributed by atoms with E-state index in [9.17, 15) is 4.79 Å². The first-order valence-electron chi connectivity index (χ1n) is 6.99. The number of thiazole rings is 1. The smallest absolute Gasteiger partial charge is 0.308 e. The van der Waals surface area contributed by atoms with Crippen LogP contribution < -0.4 is 5.32 Å². The molecule has 0 amide bonds. The maximum atomic E-state index is 11.6. The molecule has 1 aliphatic carbocycles. The third kappa shape index (κ3) is 4.01. The second-order valence-corrected chi connectivity index (χ2v) is 5.98. The minimum Gasteiger partial charge on any atom is -0.466 e. The summed E-state index contributed by atoms with van der Waals surface area (Å²) in [6.07, 6.45) is 4.00. The van der Waals surface area contributed by atoms with Crippen molar-refractivity contribution in [3.63, 3.8) is 0 Å². The second kappa shape index (κ2) is 7.01. The van der Waals surface area contributed by atoms with Gasteiger partial charge in [-0.25, -0.2) is 4.98 Å². The molecular formula is C14H22N2O2S. The standard InChI is InChI=1S/C14H22N2O2S/c1-3-18-14(17)11-4-6-12(7-5-11)15-8-13-10(2)16-9-19-13/h9,11-12,15H,3-8H2,1-2H3. The van der Waals surface area contributed by atoms with Crippen molar-refractivity contribution in [2.75, 3.05) is 6.61 Å². The molecule has 4 nitrogen and oxygen atoms in total. The Morgan fingerprint density at radius 3 is 2.79 bits per heavy atom. The molecule has 106 valence electrons. The van der Waals surface area contributed by atoms with Crippen LogP contribution in [0, 0.1) is 12.8 Å².